The summed E-state index contributed by atoms with van der Waals surface area (Å²) in [5.41, 5.74) is 2.71. The van der Waals surface area contributed by atoms with Gasteiger partial charge in [0.2, 0.25) is 0 Å². The monoisotopic (exact) mass is 403 g/mol. The molecule has 3 heterocycles. The molecule has 6 heteroatoms. The zero-order valence-corrected chi connectivity index (χ0v) is 17.0. The summed E-state index contributed by atoms with van der Waals surface area (Å²) in [6.45, 7) is 3.13. The molecular formula is C22H27ClFN3O. The first-order valence-electron chi connectivity index (χ1n) is 10.3. The second-order valence-electron chi connectivity index (χ2n) is 7.93. The number of aromatic amines is 1. The van der Waals surface area contributed by atoms with Crippen LogP contribution in [0.4, 0.5) is 4.39 Å². The average molecular weight is 404 g/mol. The van der Waals surface area contributed by atoms with Crippen LogP contribution in [0.15, 0.2) is 24.4 Å². The highest BCUT2D eigenvalue weighted by Gasteiger charge is 2.24. The molecule has 28 heavy (non-hydrogen) atoms. The molecule has 0 bridgehead atoms. The third kappa shape index (κ3) is 4.47. The van der Waals surface area contributed by atoms with Gasteiger partial charge in [-0.1, -0.05) is 11.6 Å². The van der Waals surface area contributed by atoms with Crippen LogP contribution in [-0.2, 0) is 4.74 Å². The summed E-state index contributed by atoms with van der Waals surface area (Å²) in [4.78, 5) is 12.5. The minimum atomic E-state index is -0.646. The predicted molar refractivity (Wildman–Crippen MR) is 112 cm³/mol. The number of H-pyrrole nitrogens is 1. The van der Waals surface area contributed by atoms with Gasteiger partial charge in [0, 0.05) is 22.9 Å². The van der Waals surface area contributed by atoms with Crippen molar-refractivity contribution in [2.24, 2.45) is 0 Å². The lowest BCUT2D eigenvalue weighted by Crippen LogP contribution is -2.14. The number of hydrogen-bond acceptors (Lipinski definition) is 3. The van der Waals surface area contributed by atoms with Crippen LogP contribution in [0, 0.1) is 0 Å². The fraction of sp³-hybridized carbons (Fsp3) is 0.545. The number of ether oxygens (including phenoxy) is 1. The molecule has 1 N–H and O–H groups in total. The Morgan fingerprint density at radius 1 is 1.14 bits per heavy atom. The predicted octanol–water partition coefficient (Wildman–Crippen LogP) is 6.34. The normalized spacial score (nSPS) is 25.5. The van der Waals surface area contributed by atoms with E-state index in [0.717, 1.165) is 47.2 Å². The van der Waals surface area contributed by atoms with Gasteiger partial charge in [0.05, 0.1) is 28.9 Å². The van der Waals surface area contributed by atoms with Crippen LogP contribution in [0.2, 0.25) is 5.02 Å². The Hall–Kier alpha value is -1.72. The van der Waals surface area contributed by atoms with Crippen molar-refractivity contribution in [3.8, 4) is 0 Å². The third-order valence-electron chi connectivity index (χ3n) is 5.75. The summed E-state index contributed by atoms with van der Waals surface area (Å²) in [5, 5.41) is 1.64. The van der Waals surface area contributed by atoms with Crippen molar-refractivity contribution >= 4 is 33.5 Å². The van der Waals surface area contributed by atoms with Gasteiger partial charge in [-0.25, -0.2) is 9.37 Å². The second kappa shape index (κ2) is 8.75. The maximum Gasteiger partial charge on any atom is 0.110 e. The number of halogens is 2. The highest BCUT2D eigenvalue weighted by molar-refractivity contribution is 6.31. The van der Waals surface area contributed by atoms with Gasteiger partial charge in [-0.2, -0.15) is 0 Å². The van der Waals surface area contributed by atoms with E-state index >= 15 is 0 Å². The van der Waals surface area contributed by atoms with Crippen LogP contribution in [0.1, 0.15) is 63.6 Å². The molecule has 1 aliphatic carbocycles. The van der Waals surface area contributed by atoms with E-state index in [-0.39, 0.29) is 0 Å². The van der Waals surface area contributed by atoms with Crippen LogP contribution < -0.4 is 0 Å². The van der Waals surface area contributed by atoms with E-state index in [0.29, 0.717) is 29.9 Å². The van der Waals surface area contributed by atoms with Gasteiger partial charge in [0.1, 0.15) is 12.0 Å². The Kier molecular flexibility index (Phi) is 6.12. The van der Waals surface area contributed by atoms with Crippen LogP contribution in [0.5, 0.6) is 0 Å². The fourth-order valence-electron chi connectivity index (χ4n) is 4.07. The van der Waals surface area contributed by atoms with Crippen LogP contribution in [0.25, 0.3) is 21.9 Å². The zero-order chi connectivity index (χ0) is 19.5. The Labute approximate surface area is 169 Å². The number of nitrogens with zero attached hydrogens (tertiary/aromatic N) is 2. The first kappa shape index (κ1) is 19.6. The van der Waals surface area contributed by atoms with Crippen molar-refractivity contribution in [1.29, 1.82) is 0 Å². The van der Waals surface area contributed by atoms with E-state index in [1.54, 1.807) is 0 Å². The topological polar surface area (TPSA) is 50.8 Å². The smallest absolute Gasteiger partial charge is 0.110 e. The molecule has 1 saturated heterocycles. The van der Waals surface area contributed by atoms with Crippen molar-refractivity contribution in [1.82, 2.24) is 15.0 Å². The molecule has 0 radical (unpaired) electrons. The van der Waals surface area contributed by atoms with E-state index in [2.05, 4.69) is 16.9 Å². The van der Waals surface area contributed by atoms with Crippen molar-refractivity contribution in [2.45, 2.75) is 70.1 Å². The van der Waals surface area contributed by atoms with Crippen molar-refractivity contribution in [3.63, 3.8) is 0 Å². The van der Waals surface area contributed by atoms with Gasteiger partial charge in [0.15, 0.2) is 0 Å². The zero-order valence-electron chi connectivity index (χ0n) is 16.3. The average Bonchev–Trinajstić information content (AvgIpc) is 3.14. The maximum atomic E-state index is 13.3. The lowest BCUT2D eigenvalue weighted by Gasteiger charge is -2.22. The molecule has 4 nitrogen and oxygen atoms in total. The van der Waals surface area contributed by atoms with Gasteiger partial charge < -0.3 is 9.72 Å². The molecule has 2 aliphatic rings. The molecule has 0 unspecified atom stereocenters. The van der Waals surface area contributed by atoms with Crippen molar-refractivity contribution in [3.05, 3.63) is 35.2 Å². The molecule has 1 atom stereocenters. The van der Waals surface area contributed by atoms with E-state index in [4.69, 9.17) is 21.3 Å². The number of rotatable bonds is 1. The number of fused-ring (bicyclic) bond motifs is 3. The molecule has 1 aromatic carbocycles. The number of benzene rings is 1. The number of hydrogen-bond donors (Lipinski definition) is 1. The Morgan fingerprint density at radius 2 is 1.96 bits per heavy atom. The van der Waals surface area contributed by atoms with Crippen LogP contribution in [-0.4, -0.2) is 33.8 Å². The molecule has 0 spiro atoms. The molecule has 1 saturated carbocycles. The number of aromatic nitrogens is 3. The minimum absolute atomic E-state index is 0.318. The standard InChI is InChI=1S/C16H15ClFN3.C6H12O/c17-10-3-6-13-12(7-10)15-14(8-19-13)20-16(21-15)9-1-4-11(18)5-2-9;1-6-4-2-3-5-7-6/h3,6-9,11H,1-2,4-5H2,(H,20,21);6H,2-5H2,1H3/t;6-/m.1/s1. The highest BCUT2D eigenvalue weighted by Crippen LogP contribution is 2.34. The SMILES string of the molecule is C[C@@H]1CCCCO1.FC1CCC(c2nc3c(cnc4ccc(Cl)cc43)[nH]2)CC1. The lowest BCUT2D eigenvalue weighted by atomic mass is 9.88. The minimum Gasteiger partial charge on any atom is -0.379 e. The third-order valence-corrected chi connectivity index (χ3v) is 5.98. The summed E-state index contributed by atoms with van der Waals surface area (Å²) >= 11 is 6.08. The fourth-order valence-corrected chi connectivity index (χ4v) is 4.24. The summed E-state index contributed by atoms with van der Waals surface area (Å²) in [6.07, 6.45) is 8.56. The molecule has 2 aromatic heterocycles. The van der Waals surface area contributed by atoms with E-state index in [1.807, 2.05) is 24.4 Å². The number of pyridine rings is 1. The quantitative estimate of drug-likeness (QED) is 0.516. The van der Waals surface area contributed by atoms with Gasteiger partial charge in [-0.3, -0.25) is 4.98 Å². The summed E-state index contributed by atoms with van der Waals surface area (Å²) in [7, 11) is 0. The molecule has 1 aliphatic heterocycles. The maximum absolute atomic E-state index is 13.3. The molecule has 150 valence electrons. The number of imidazole rings is 1. The summed E-state index contributed by atoms with van der Waals surface area (Å²) < 4.78 is 18.6. The second-order valence-corrected chi connectivity index (χ2v) is 8.37. The highest BCUT2D eigenvalue weighted by atomic mass is 35.5. The first-order valence-corrected chi connectivity index (χ1v) is 10.7. The number of alkyl halides is 1. The Balaban J connectivity index is 0.000000233. The van der Waals surface area contributed by atoms with Crippen molar-refractivity contribution < 1.29 is 9.13 Å². The summed E-state index contributed by atoms with van der Waals surface area (Å²) in [6, 6.07) is 5.63. The van der Waals surface area contributed by atoms with E-state index in [1.165, 1.54) is 19.3 Å². The van der Waals surface area contributed by atoms with Crippen molar-refractivity contribution in [2.75, 3.05) is 6.61 Å². The van der Waals surface area contributed by atoms with E-state index < -0.39 is 6.17 Å². The Morgan fingerprint density at radius 3 is 2.64 bits per heavy atom. The van der Waals surface area contributed by atoms with Gasteiger partial charge in [-0.15, -0.1) is 0 Å². The molecule has 3 aromatic rings. The van der Waals surface area contributed by atoms with Crippen LogP contribution >= 0.6 is 11.6 Å². The molecule has 5 rings (SSSR count). The molecular weight excluding hydrogens is 377 g/mol. The number of nitrogens with one attached hydrogen (secondary N) is 1. The first-order chi connectivity index (χ1) is 13.6. The van der Waals surface area contributed by atoms with Gasteiger partial charge in [0.25, 0.3) is 0 Å². The molecule has 0 amide bonds. The van der Waals surface area contributed by atoms with Gasteiger partial charge >= 0.3 is 0 Å². The lowest BCUT2D eigenvalue weighted by molar-refractivity contribution is 0.0285. The largest absolute Gasteiger partial charge is 0.379 e. The van der Waals surface area contributed by atoms with Gasteiger partial charge in [-0.05, 0) is 70.1 Å². The van der Waals surface area contributed by atoms with E-state index in [9.17, 15) is 4.39 Å². The summed E-state index contributed by atoms with van der Waals surface area (Å²) in [5.74, 6) is 1.27. The Bertz CT molecular complexity index is 930. The molecule has 2 fully saturated rings. The van der Waals surface area contributed by atoms with Crippen LogP contribution in [0.3, 0.4) is 0 Å².